The fourth-order valence-electron chi connectivity index (χ4n) is 1.98. The van der Waals surface area contributed by atoms with Gasteiger partial charge in [0.25, 0.3) is 0 Å². The van der Waals surface area contributed by atoms with E-state index < -0.39 is 55.6 Å². The normalized spacial score (nSPS) is 17.2. The SMILES string of the molecule is FC(F)(F)C(F)(F)C(F)(F)C(CC(Br)CC(Br)(Br)Br)(C(F)(F)F)C(F)(F)F. The highest BCUT2D eigenvalue weighted by molar-refractivity contribution is 9.39. The van der Waals surface area contributed by atoms with Crippen molar-refractivity contribution in [1.82, 2.24) is 0 Å². The van der Waals surface area contributed by atoms with Crippen LogP contribution in [0.2, 0.25) is 0 Å². The minimum Gasteiger partial charge on any atom is -0.198 e. The monoisotopic (exact) mass is 688 g/mol. The van der Waals surface area contributed by atoms with Crippen molar-refractivity contribution in [3.8, 4) is 0 Å². The quantitative estimate of drug-likeness (QED) is 0.201. The summed E-state index contributed by atoms with van der Waals surface area (Å²) in [5, 5.41) is 0. The molecule has 1 atom stereocenters. The number of hydrogen-bond acceptors (Lipinski definition) is 0. The molecule has 0 bridgehead atoms. The Kier molecular flexibility index (Phi) is 8.22. The first-order chi connectivity index (χ1) is 11.4. The first kappa shape index (κ1) is 28.0. The second kappa shape index (κ2) is 7.93. The number of hydrogen-bond donors (Lipinski definition) is 0. The van der Waals surface area contributed by atoms with Gasteiger partial charge >= 0.3 is 30.4 Å². The lowest BCUT2D eigenvalue weighted by Gasteiger charge is -2.46. The zero-order valence-electron chi connectivity index (χ0n) is 11.9. The highest BCUT2D eigenvalue weighted by Gasteiger charge is 2.91. The van der Waals surface area contributed by atoms with Crippen LogP contribution in [0.5, 0.6) is 0 Å². The van der Waals surface area contributed by atoms with E-state index in [1.54, 1.807) is 0 Å². The van der Waals surface area contributed by atoms with Crippen LogP contribution in [-0.2, 0) is 0 Å². The van der Waals surface area contributed by atoms with Gasteiger partial charge in [0.15, 0.2) is 0 Å². The van der Waals surface area contributed by atoms with Gasteiger partial charge in [-0.15, -0.1) is 0 Å². The molecule has 0 aliphatic carbocycles. The maximum absolute atomic E-state index is 13.8. The van der Waals surface area contributed by atoms with Crippen molar-refractivity contribution in [2.75, 3.05) is 0 Å². The average Bonchev–Trinajstić information content (AvgIpc) is 2.28. The molecule has 0 N–H and O–H groups in total. The molecule has 0 aliphatic rings. The van der Waals surface area contributed by atoms with Gasteiger partial charge in [0.2, 0.25) is 5.41 Å². The Balaban J connectivity index is 6.79. The lowest BCUT2D eigenvalue weighted by molar-refractivity contribution is -0.461. The summed E-state index contributed by atoms with van der Waals surface area (Å²) < 4.78 is 168. The van der Waals surface area contributed by atoms with Gasteiger partial charge in [0.05, 0.1) is 0 Å². The third kappa shape index (κ3) is 5.39. The molecule has 17 heteroatoms. The van der Waals surface area contributed by atoms with E-state index in [2.05, 4.69) is 63.7 Å². The van der Waals surface area contributed by atoms with Gasteiger partial charge in [-0.2, -0.15) is 57.1 Å². The molecular formula is C10H5Br4F13. The van der Waals surface area contributed by atoms with Crippen LogP contribution in [0.3, 0.4) is 0 Å². The van der Waals surface area contributed by atoms with E-state index in [1.807, 2.05) is 0 Å². The lowest BCUT2D eigenvalue weighted by Crippen LogP contribution is -2.70. The predicted octanol–water partition coefficient (Wildman–Crippen LogP) is 8.31. The van der Waals surface area contributed by atoms with Crippen LogP contribution in [0.15, 0.2) is 0 Å². The molecule has 0 saturated carbocycles. The van der Waals surface area contributed by atoms with Gasteiger partial charge in [-0.05, 0) is 12.8 Å². The number of rotatable bonds is 5. The van der Waals surface area contributed by atoms with Crippen LogP contribution in [0.25, 0.3) is 0 Å². The fourth-order valence-corrected chi connectivity index (χ4v) is 5.42. The van der Waals surface area contributed by atoms with Gasteiger partial charge in [-0.3, -0.25) is 0 Å². The van der Waals surface area contributed by atoms with Crippen molar-refractivity contribution in [2.24, 2.45) is 5.41 Å². The Morgan fingerprint density at radius 2 is 0.852 bits per heavy atom. The minimum absolute atomic E-state index is 0.908. The van der Waals surface area contributed by atoms with E-state index in [4.69, 9.17) is 0 Å². The summed E-state index contributed by atoms with van der Waals surface area (Å²) in [6, 6.07) is 0. The first-order valence-electron chi connectivity index (χ1n) is 6.02. The smallest absolute Gasteiger partial charge is 0.198 e. The van der Waals surface area contributed by atoms with Crippen LogP contribution in [0, 0.1) is 5.41 Å². The summed E-state index contributed by atoms with van der Waals surface area (Å²) in [7, 11) is 0. The van der Waals surface area contributed by atoms with E-state index in [0.717, 1.165) is 0 Å². The van der Waals surface area contributed by atoms with Crippen molar-refractivity contribution < 1.29 is 57.1 Å². The maximum atomic E-state index is 13.8. The van der Waals surface area contributed by atoms with E-state index >= 15 is 0 Å². The van der Waals surface area contributed by atoms with Crippen molar-refractivity contribution >= 4 is 63.7 Å². The molecule has 0 aliphatic heterocycles. The number of halogens is 17. The Hall–Kier alpha value is 1.01. The second-order valence-corrected chi connectivity index (χ2v) is 13.7. The van der Waals surface area contributed by atoms with Gasteiger partial charge < -0.3 is 0 Å². The van der Waals surface area contributed by atoms with Crippen LogP contribution in [0.1, 0.15) is 12.8 Å². The average molecular weight is 692 g/mol. The van der Waals surface area contributed by atoms with Crippen LogP contribution >= 0.6 is 63.7 Å². The summed E-state index contributed by atoms with van der Waals surface area (Å²) in [6.07, 6.45) is -25.6. The Labute approximate surface area is 176 Å². The molecule has 0 heterocycles. The second-order valence-electron chi connectivity index (χ2n) is 5.17. The molecule has 1 unspecified atom stereocenters. The summed E-state index contributed by atoms with van der Waals surface area (Å²) in [6.45, 7) is 0. The molecule has 0 rings (SSSR count). The molecule has 0 fully saturated rings. The molecule has 0 aromatic rings. The minimum atomic E-state index is -7.63. The van der Waals surface area contributed by atoms with E-state index in [9.17, 15) is 57.1 Å². The predicted molar refractivity (Wildman–Crippen MR) is 82.0 cm³/mol. The molecule has 0 amide bonds. The molecule has 0 radical (unpaired) electrons. The van der Waals surface area contributed by atoms with Crippen molar-refractivity contribution in [2.45, 2.75) is 50.2 Å². The Morgan fingerprint density at radius 1 is 0.519 bits per heavy atom. The summed E-state index contributed by atoms with van der Waals surface area (Å²) in [5.41, 5.74) is -6.71. The lowest BCUT2D eigenvalue weighted by atomic mass is 9.72. The molecule has 27 heavy (non-hydrogen) atoms. The highest BCUT2D eigenvalue weighted by Crippen LogP contribution is 2.67. The van der Waals surface area contributed by atoms with Crippen LogP contribution < -0.4 is 0 Å². The topological polar surface area (TPSA) is 0 Å². The van der Waals surface area contributed by atoms with Crippen molar-refractivity contribution in [1.29, 1.82) is 0 Å². The fraction of sp³-hybridized carbons (Fsp3) is 1.00. The number of alkyl halides is 17. The molecule has 0 aromatic heterocycles. The molecule has 0 aromatic carbocycles. The summed E-state index contributed by atoms with van der Waals surface area (Å²) >= 11 is 10.1. The summed E-state index contributed by atoms with van der Waals surface area (Å²) in [4.78, 5) is -2.24. The highest BCUT2D eigenvalue weighted by atomic mass is 80.0. The van der Waals surface area contributed by atoms with Gasteiger partial charge in [-0.1, -0.05) is 63.7 Å². The van der Waals surface area contributed by atoms with E-state index in [-0.39, 0.29) is 0 Å². The first-order valence-corrected chi connectivity index (χ1v) is 9.31. The molecule has 0 nitrogen and oxygen atoms in total. The van der Waals surface area contributed by atoms with Crippen LogP contribution in [0.4, 0.5) is 57.1 Å². The molecular weight excluding hydrogens is 687 g/mol. The molecule has 164 valence electrons. The largest absolute Gasteiger partial charge is 0.459 e. The molecule has 0 spiro atoms. The summed E-state index contributed by atoms with van der Waals surface area (Å²) in [5.74, 6) is -15.2. The zero-order chi connectivity index (χ0) is 22.5. The van der Waals surface area contributed by atoms with Crippen LogP contribution in [-0.4, -0.2) is 37.3 Å². The zero-order valence-corrected chi connectivity index (χ0v) is 18.3. The van der Waals surface area contributed by atoms with E-state index in [1.165, 1.54) is 0 Å². The van der Waals surface area contributed by atoms with E-state index in [0.29, 0.717) is 0 Å². The third-order valence-electron chi connectivity index (χ3n) is 3.23. The third-order valence-corrected chi connectivity index (χ3v) is 4.85. The van der Waals surface area contributed by atoms with Gasteiger partial charge in [-0.25, -0.2) is 0 Å². The Bertz CT molecular complexity index is 499. The van der Waals surface area contributed by atoms with Gasteiger partial charge in [0, 0.05) is 4.83 Å². The van der Waals surface area contributed by atoms with Crippen molar-refractivity contribution in [3.63, 3.8) is 0 Å². The Morgan fingerprint density at radius 3 is 1.07 bits per heavy atom. The maximum Gasteiger partial charge on any atom is 0.459 e. The van der Waals surface area contributed by atoms with Crippen molar-refractivity contribution in [3.05, 3.63) is 0 Å². The molecule has 0 saturated heterocycles. The standard InChI is InChI=1S/C10H5Br4F13/c11-3(2-5(12,13)14)1-4(8(19,20)21,9(22,23)24)6(15,16)7(17,18)10(25,26)27/h3H,1-2H2. The van der Waals surface area contributed by atoms with Gasteiger partial charge in [0.1, 0.15) is 2.14 Å².